The third-order valence-electron chi connectivity index (χ3n) is 4.24. The number of hydrogen-bond donors (Lipinski definition) is 1. The number of para-hydroxylation sites is 1. The Labute approximate surface area is 147 Å². The van der Waals surface area contributed by atoms with Crippen molar-refractivity contribution in [2.45, 2.75) is 46.2 Å². The van der Waals surface area contributed by atoms with Crippen LogP contribution in [-0.4, -0.2) is 14.8 Å². The molecule has 0 aliphatic rings. The first-order chi connectivity index (χ1) is 11.6. The molecule has 0 spiro atoms. The number of rotatable bonds is 6. The van der Waals surface area contributed by atoms with Crippen LogP contribution in [0.2, 0.25) is 0 Å². The Bertz CT molecular complexity index is 789. The minimum absolute atomic E-state index is 0.230. The zero-order valence-corrected chi connectivity index (χ0v) is 15.5. The molecule has 24 heavy (non-hydrogen) atoms. The fourth-order valence-corrected chi connectivity index (χ4v) is 3.61. The van der Waals surface area contributed by atoms with Gasteiger partial charge in [0.1, 0.15) is 5.01 Å². The summed E-state index contributed by atoms with van der Waals surface area (Å²) >= 11 is 1.73. The molecule has 3 rings (SSSR count). The summed E-state index contributed by atoms with van der Waals surface area (Å²) in [6, 6.07) is 10.5. The molecule has 1 N–H and O–H groups in total. The normalized spacial score (nSPS) is 12.7. The SMILES string of the molecule is Cc1c(C(C)NCc2nc(C(C)C)cs2)cnn1-c1ccccc1. The lowest BCUT2D eigenvalue weighted by Gasteiger charge is -2.13. The van der Waals surface area contributed by atoms with Gasteiger partial charge in [-0.15, -0.1) is 11.3 Å². The standard InChI is InChI=1S/C19H24N4S/c1-13(2)18-12-24-19(22-18)11-20-14(3)17-10-21-23(15(17)4)16-8-6-5-7-9-16/h5-10,12-14,20H,11H2,1-4H3. The quantitative estimate of drug-likeness (QED) is 0.712. The van der Waals surface area contributed by atoms with E-state index in [0.717, 1.165) is 17.2 Å². The van der Waals surface area contributed by atoms with Gasteiger partial charge in [-0.2, -0.15) is 5.10 Å². The van der Waals surface area contributed by atoms with Crippen molar-refractivity contribution >= 4 is 11.3 Å². The summed E-state index contributed by atoms with van der Waals surface area (Å²) in [5, 5.41) is 11.4. The molecule has 0 radical (unpaired) electrons. The Balaban J connectivity index is 1.69. The molecule has 3 aromatic rings. The molecule has 0 aliphatic carbocycles. The molecule has 126 valence electrons. The molecule has 1 unspecified atom stereocenters. The van der Waals surface area contributed by atoms with Crippen molar-refractivity contribution in [3.8, 4) is 5.69 Å². The molecule has 0 bridgehead atoms. The van der Waals surface area contributed by atoms with Crippen molar-refractivity contribution in [2.24, 2.45) is 0 Å². The molecule has 0 aliphatic heterocycles. The lowest BCUT2D eigenvalue weighted by atomic mass is 10.1. The van der Waals surface area contributed by atoms with Crippen molar-refractivity contribution in [3.63, 3.8) is 0 Å². The summed E-state index contributed by atoms with van der Waals surface area (Å²) in [7, 11) is 0. The van der Waals surface area contributed by atoms with Crippen LogP contribution in [-0.2, 0) is 6.54 Å². The van der Waals surface area contributed by atoms with Gasteiger partial charge in [0.2, 0.25) is 0 Å². The van der Waals surface area contributed by atoms with Gasteiger partial charge in [0, 0.05) is 29.2 Å². The lowest BCUT2D eigenvalue weighted by Crippen LogP contribution is -2.18. The van der Waals surface area contributed by atoms with Crippen molar-refractivity contribution in [2.75, 3.05) is 0 Å². The van der Waals surface area contributed by atoms with E-state index in [2.05, 4.69) is 60.6 Å². The zero-order chi connectivity index (χ0) is 17.1. The maximum atomic E-state index is 4.69. The zero-order valence-electron chi connectivity index (χ0n) is 14.7. The second-order valence-electron chi connectivity index (χ2n) is 6.36. The molecule has 2 heterocycles. The average Bonchev–Trinajstić information content (AvgIpc) is 3.20. The summed E-state index contributed by atoms with van der Waals surface area (Å²) in [4.78, 5) is 4.69. The second kappa shape index (κ2) is 7.28. The van der Waals surface area contributed by atoms with Crippen molar-refractivity contribution < 1.29 is 0 Å². The molecule has 0 saturated heterocycles. The van der Waals surface area contributed by atoms with Crippen LogP contribution >= 0.6 is 11.3 Å². The van der Waals surface area contributed by atoms with E-state index < -0.39 is 0 Å². The highest BCUT2D eigenvalue weighted by Gasteiger charge is 2.14. The van der Waals surface area contributed by atoms with Gasteiger partial charge >= 0.3 is 0 Å². The Morgan fingerprint density at radius 3 is 2.58 bits per heavy atom. The highest BCUT2D eigenvalue weighted by molar-refractivity contribution is 7.09. The molecule has 0 amide bonds. The van der Waals surface area contributed by atoms with E-state index >= 15 is 0 Å². The first-order valence-corrected chi connectivity index (χ1v) is 9.22. The smallest absolute Gasteiger partial charge is 0.107 e. The molecule has 5 heteroatoms. The molecular weight excluding hydrogens is 316 g/mol. The van der Waals surface area contributed by atoms with E-state index in [0.29, 0.717) is 5.92 Å². The minimum atomic E-state index is 0.230. The highest BCUT2D eigenvalue weighted by Crippen LogP contribution is 2.22. The number of nitrogens with one attached hydrogen (secondary N) is 1. The predicted octanol–water partition coefficient (Wildman–Crippen LogP) is 4.61. The van der Waals surface area contributed by atoms with Crippen LogP contribution in [0.4, 0.5) is 0 Å². The van der Waals surface area contributed by atoms with Gasteiger partial charge in [-0.1, -0.05) is 32.0 Å². The lowest BCUT2D eigenvalue weighted by molar-refractivity contribution is 0.569. The number of aromatic nitrogens is 3. The molecule has 2 aromatic heterocycles. The number of benzene rings is 1. The predicted molar refractivity (Wildman–Crippen MR) is 99.8 cm³/mol. The second-order valence-corrected chi connectivity index (χ2v) is 7.30. The van der Waals surface area contributed by atoms with E-state index in [4.69, 9.17) is 0 Å². The number of hydrogen-bond acceptors (Lipinski definition) is 4. The van der Waals surface area contributed by atoms with Crippen LogP contribution in [0, 0.1) is 6.92 Å². The van der Waals surface area contributed by atoms with Crippen molar-refractivity contribution in [1.82, 2.24) is 20.1 Å². The largest absolute Gasteiger partial charge is 0.304 e. The molecule has 1 aromatic carbocycles. The summed E-state index contributed by atoms with van der Waals surface area (Å²) in [6.07, 6.45) is 1.96. The Hall–Kier alpha value is -1.98. The fourth-order valence-electron chi connectivity index (χ4n) is 2.70. The maximum absolute atomic E-state index is 4.69. The Kier molecular flexibility index (Phi) is 5.11. The molecular formula is C19H24N4S. The molecule has 0 fully saturated rings. The number of thiazole rings is 1. The Morgan fingerprint density at radius 1 is 1.17 bits per heavy atom. The van der Waals surface area contributed by atoms with Crippen molar-refractivity contribution in [3.05, 3.63) is 63.9 Å². The molecule has 4 nitrogen and oxygen atoms in total. The first-order valence-electron chi connectivity index (χ1n) is 8.34. The van der Waals surface area contributed by atoms with Gasteiger partial charge in [0.15, 0.2) is 0 Å². The van der Waals surface area contributed by atoms with Gasteiger partial charge in [-0.3, -0.25) is 0 Å². The molecule has 1 atom stereocenters. The minimum Gasteiger partial charge on any atom is -0.304 e. The Morgan fingerprint density at radius 2 is 1.92 bits per heavy atom. The van der Waals surface area contributed by atoms with Crippen LogP contribution in [0.25, 0.3) is 5.69 Å². The van der Waals surface area contributed by atoms with Crippen LogP contribution in [0.5, 0.6) is 0 Å². The van der Waals surface area contributed by atoms with Crippen LogP contribution < -0.4 is 5.32 Å². The van der Waals surface area contributed by atoms with Gasteiger partial charge < -0.3 is 5.32 Å². The van der Waals surface area contributed by atoms with E-state index in [1.54, 1.807) is 11.3 Å². The van der Waals surface area contributed by atoms with Gasteiger partial charge in [0.25, 0.3) is 0 Å². The third kappa shape index (κ3) is 3.57. The summed E-state index contributed by atoms with van der Waals surface area (Å²) in [6.45, 7) is 9.44. The van der Waals surface area contributed by atoms with Crippen LogP contribution in [0.3, 0.4) is 0 Å². The summed E-state index contributed by atoms with van der Waals surface area (Å²) in [5.74, 6) is 0.485. The van der Waals surface area contributed by atoms with Gasteiger partial charge in [-0.05, 0) is 31.9 Å². The third-order valence-corrected chi connectivity index (χ3v) is 5.10. The van der Waals surface area contributed by atoms with E-state index in [1.807, 2.05) is 29.1 Å². The first kappa shape index (κ1) is 16.9. The van der Waals surface area contributed by atoms with E-state index in [9.17, 15) is 0 Å². The average molecular weight is 340 g/mol. The molecule has 0 saturated carbocycles. The van der Waals surface area contributed by atoms with E-state index in [-0.39, 0.29) is 6.04 Å². The van der Waals surface area contributed by atoms with Crippen LogP contribution in [0.15, 0.2) is 41.9 Å². The van der Waals surface area contributed by atoms with Gasteiger partial charge in [-0.25, -0.2) is 9.67 Å². The maximum Gasteiger partial charge on any atom is 0.107 e. The van der Waals surface area contributed by atoms with Crippen LogP contribution in [0.1, 0.15) is 54.7 Å². The fraction of sp³-hybridized carbons (Fsp3) is 0.368. The van der Waals surface area contributed by atoms with Gasteiger partial charge in [0.05, 0.1) is 17.6 Å². The number of nitrogens with zero attached hydrogens (tertiary/aromatic N) is 3. The monoisotopic (exact) mass is 340 g/mol. The highest BCUT2D eigenvalue weighted by atomic mass is 32.1. The van der Waals surface area contributed by atoms with E-state index in [1.165, 1.54) is 17.0 Å². The summed E-state index contributed by atoms with van der Waals surface area (Å²) < 4.78 is 1.99. The van der Waals surface area contributed by atoms with Crippen molar-refractivity contribution in [1.29, 1.82) is 0 Å². The topological polar surface area (TPSA) is 42.7 Å². The summed E-state index contributed by atoms with van der Waals surface area (Å²) in [5.41, 5.74) is 4.66.